The van der Waals surface area contributed by atoms with Crippen molar-refractivity contribution in [1.82, 2.24) is 4.98 Å². The number of pyridine rings is 1. The van der Waals surface area contributed by atoms with Gasteiger partial charge in [-0.05, 0) is 73.9 Å². The Morgan fingerprint density at radius 1 is 0.897 bits per heavy atom. The molecule has 1 aliphatic heterocycles. The number of hydrogen-bond donors (Lipinski definition) is 2. The van der Waals surface area contributed by atoms with E-state index in [1.54, 1.807) is 30.5 Å². The molecule has 5 nitrogen and oxygen atoms in total. The van der Waals surface area contributed by atoms with E-state index in [2.05, 4.69) is 44.8 Å². The van der Waals surface area contributed by atoms with Gasteiger partial charge in [-0.25, -0.2) is 9.37 Å². The third kappa shape index (κ3) is 4.90. The maximum atomic E-state index is 13.2. The van der Waals surface area contributed by atoms with E-state index in [4.69, 9.17) is 0 Å². The Morgan fingerprint density at radius 2 is 1.66 bits per heavy atom. The Labute approximate surface area is 169 Å². The normalized spacial score (nSPS) is 13.8. The predicted octanol–water partition coefficient (Wildman–Crippen LogP) is 5.21. The van der Waals surface area contributed by atoms with Gasteiger partial charge in [-0.1, -0.05) is 6.07 Å². The highest BCUT2D eigenvalue weighted by molar-refractivity contribution is 6.02. The first-order valence-electron chi connectivity index (χ1n) is 9.82. The SMILES string of the molecule is O=C(Nc1cccc(F)c1)c1ccc(Nc2ccc(N3CCCCC3)cc2)cn1. The summed E-state index contributed by atoms with van der Waals surface area (Å²) in [5.41, 5.74) is 3.66. The van der Waals surface area contributed by atoms with Crippen molar-refractivity contribution in [2.45, 2.75) is 19.3 Å². The zero-order chi connectivity index (χ0) is 20.1. The number of benzene rings is 2. The average molecular weight is 390 g/mol. The molecule has 2 N–H and O–H groups in total. The van der Waals surface area contributed by atoms with Crippen molar-refractivity contribution in [3.05, 3.63) is 78.4 Å². The van der Waals surface area contributed by atoms with E-state index in [0.29, 0.717) is 5.69 Å². The van der Waals surface area contributed by atoms with E-state index < -0.39 is 5.82 Å². The number of hydrogen-bond acceptors (Lipinski definition) is 4. The maximum absolute atomic E-state index is 13.2. The van der Waals surface area contributed by atoms with E-state index in [1.807, 2.05) is 0 Å². The number of carbonyl (C=O) groups is 1. The summed E-state index contributed by atoms with van der Waals surface area (Å²) >= 11 is 0. The van der Waals surface area contributed by atoms with Gasteiger partial charge in [0.1, 0.15) is 11.5 Å². The summed E-state index contributed by atoms with van der Waals surface area (Å²) in [5.74, 6) is -0.783. The van der Waals surface area contributed by atoms with Crippen molar-refractivity contribution in [3.8, 4) is 0 Å². The van der Waals surface area contributed by atoms with Crippen LogP contribution in [0.4, 0.5) is 27.1 Å². The third-order valence-corrected chi connectivity index (χ3v) is 4.96. The number of halogens is 1. The van der Waals surface area contributed by atoms with E-state index in [1.165, 1.54) is 37.1 Å². The van der Waals surface area contributed by atoms with Crippen molar-refractivity contribution in [1.29, 1.82) is 0 Å². The Kier molecular flexibility index (Phi) is 5.70. The maximum Gasteiger partial charge on any atom is 0.274 e. The number of anilines is 4. The molecule has 1 saturated heterocycles. The molecule has 2 aromatic carbocycles. The summed E-state index contributed by atoms with van der Waals surface area (Å²) in [6, 6.07) is 17.6. The van der Waals surface area contributed by atoms with Crippen LogP contribution in [0.2, 0.25) is 0 Å². The summed E-state index contributed by atoms with van der Waals surface area (Å²) < 4.78 is 13.2. The second kappa shape index (κ2) is 8.73. The lowest BCUT2D eigenvalue weighted by Gasteiger charge is -2.28. The van der Waals surface area contributed by atoms with E-state index in [0.717, 1.165) is 24.5 Å². The molecule has 1 fully saturated rings. The van der Waals surface area contributed by atoms with Crippen LogP contribution in [-0.2, 0) is 0 Å². The van der Waals surface area contributed by atoms with Gasteiger partial charge in [0, 0.05) is 30.2 Å². The van der Waals surface area contributed by atoms with Gasteiger partial charge in [0.05, 0.1) is 11.9 Å². The minimum atomic E-state index is -0.401. The molecule has 1 amide bonds. The molecule has 0 unspecified atom stereocenters. The van der Waals surface area contributed by atoms with Crippen LogP contribution in [0.5, 0.6) is 0 Å². The number of carbonyl (C=O) groups excluding carboxylic acids is 1. The Hall–Kier alpha value is -3.41. The van der Waals surface area contributed by atoms with Crippen LogP contribution >= 0.6 is 0 Å². The van der Waals surface area contributed by atoms with Crippen LogP contribution in [0.3, 0.4) is 0 Å². The zero-order valence-electron chi connectivity index (χ0n) is 16.1. The molecule has 0 spiro atoms. The fraction of sp³-hybridized carbons (Fsp3) is 0.217. The molecule has 29 heavy (non-hydrogen) atoms. The topological polar surface area (TPSA) is 57.3 Å². The van der Waals surface area contributed by atoms with Crippen molar-refractivity contribution in [2.24, 2.45) is 0 Å². The average Bonchev–Trinajstić information content (AvgIpc) is 2.75. The van der Waals surface area contributed by atoms with Gasteiger partial charge in [0.15, 0.2) is 0 Å². The summed E-state index contributed by atoms with van der Waals surface area (Å²) in [5, 5.41) is 5.93. The molecule has 0 radical (unpaired) electrons. The summed E-state index contributed by atoms with van der Waals surface area (Å²) in [6.45, 7) is 2.24. The Balaban J connectivity index is 1.37. The van der Waals surface area contributed by atoms with Crippen molar-refractivity contribution in [3.63, 3.8) is 0 Å². The van der Waals surface area contributed by atoms with Gasteiger partial charge in [-0.15, -0.1) is 0 Å². The van der Waals surface area contributed by atoms with Crippen molar-refractivity contribution >= 4 is 28.7 Å². The second-order valence-corrected chi connectivity index (χ2v) is 7.12. The van der Waals surface area contributed by atoms with Crippen molar-refractivity contribution < 1.29 is 9.18 Å². The lowest BCUT2D eigenvalue weighted by Crippen LogP contribution is -2.29. The van der Waals surface area contributed by atoms with Gasteiger partial charge in [0.25, 0.3) is 5.91 Å². The van der Waals surface area contributed by atoms with Crippen LogP contribution in [-0.4, -0.2) is 24.0 Å². The summed E-state index contributed by atoms with van der Waals surface area (Å²) in [4.78, 5) is 18.9. The zero-order valence-corrected chi connectivity index (χ0v) is 16.1. The molecule has 0 bridgehead atoms. The minimum absolute atomic E-state index is 0.264. The molecule has 1 aliphatic rings. The standard InChI is InChI=1S/C23H23FN4O/c24-17-5-4-6-19(15-17)27-23(29)22-12-9-20(16-25-22)26-18-7-10-21(11-8-18)28-13-2-1-3-14-28/h4-12,15-16,26H,1-3,13-14H2,(H,27,29). The number of amides is 1. The first kappa shape index (κ1) is 18.9. The smallest absolute Gasteiger partial charge is 0.274 e. The molecule has 148 valence electrons. The molecule has 3 aromatic rings. The van der Waals surface area contributed by atoms with E-state index in [9.17, 15) is 9.18 Å². The highest BCUT2D eigenvalue weighted by atomic mass is 19.1. The molecule has 1 aromatic heterocycles. The fourth-order valence-electron chi connectivity index (χ4n) is 3.44. The lowest BCUT2D eigenvalue weighted by atomic mass is 10.1. The van der Waals surface area contributed by atoms with Crippen molar-refractivity contribution in [2.75, 3.05) is 28.6 Å². The van der Waals surface area contributed by atoms with Gasteiger partial charge in [-0.2, -0.15) is 0 Å². The molecule has 0 atom stereocenters. The number of rotatable bonds is 5. The molecular weight excluding hydrogens is 367 g/mol. The van der Waals surface area contributed by atoms with Crippen LogP contribution < -0.4 is 15.5 Å². The number of piperidine rings is 1. The summed E-state index contributed by atoms with van der Waals surface area (Å²) in [7, 11) is 0. The fourth-order valence-corrected chi connectivity index (χ4v) is 3.44. The van der Waals surface area contributed by atoms with Gasteiger partial charge in [0.2, 0.25) is 0 Å². The molecule has 0 saturated carbocycles. The monoisotopic (exact) mass is 390 g/mol. The molecule has 6 heteroatoms. The molecule has 0 aliphatic carbocycles. The number of aromatic nitrogens is 1. The lowest BCUT2D eigenvalue weighted by molar-refractivity contribution is 0.102. The molecule has 2 heterocycles. The van der Waals surface area contributed by atoms with Crippen LogP contribution in [0.1, 0.15) is 29.8 Å². The van der Waals surface area contributed by atoms with Gasteiger partial charge >= 0.3 is 0 Å². The Bertz CT molecular complexity index is 967. The third-order valence-electron chi connectivity index (χ3n) is 4.96. The van der Waals surface area contributed by atoms with Crippen LogP contribution in [0.25, 0.3) is 0 Å². The Morgan fingerprint density at radius 3 is 2.34 bits per heavy atom. The van der Waals surface area contributed by atoms with E-state index >= 15 is 0 Å². The second-order valence-electron chi connectivity index (χ2n) is 7.12. The first-order chi connectivity index (χ1) is 14.2. The quantitative estimate of drug-likeness (QED) is 0.628. The molecular formula is C23H23FN4O. The predicted molar refractivity (Wildman–Crippen MR) is 114 cm³/mol. The number of nitrogens with one attached hydrogen (secondary N) is 2. The van der Waals surface area contributed by atoms with Gasteiger partial charge < -0.3 is 15.5 Å². The summed E-state index contributed by atoms with van der Waals surface area (Å²) in [6.07, 6.45) is 5.44. The highest BCUT2D eigenvalue weighted by Crippen LogP contribution is 2.23. The van der Waals surface area contributed by atoms with Crippen LogP contribution in [0.15, 0.2) is 66.9 Å². The number of nitrogens with zero attached hydrogens (tertiary/aromatic N) is 2. The highest BCUT2D eigenvalue weighted by Gasteiger charge is 2.11. The van der Waals surface area contributed by atoms with E-state index in [-0.39, 0.29) is 11.6 Å². The first-order valence-corrected chi connectivity index (χ1v) is 9.82. The van der Waals surface area contributed by atoms with Gasteiger partial charge in [-0.3, -0.25) is 4.79 Å². The minimum Gasteiger partial charge on any atom is -0.372 e. The largest absolute Gasteiger partial charge is 0.372 e. The van der Waals surface area contributed by atoms with Crippen LogP contribution in [0, 0.1) is 5.82 Å². The molecule has 4 rings (SSSR count).